The largest absolute Gasteiger partial charge is 0.462 e. The molecule has 0 aromatic heterocycles. The van der Waals surface area contributed by atoms with Gasteiger partial charge in [-0.2, -0.15) is 8.42 Å². The first-order valence-electron chi connectivity index (χ1n) is 21.5. The summed E-state index contributed by atoms with van der Waals surface area (Å²) in [5.74, 6) is -2.08. The number of unbranched alkanes of at least 4 members (excludes halogenated alkanes) is 10. The summed E-state index contributed by atoms with van der Waals surface area (Å²) in [6, 6.07) is 0. The third kappa shape index (κ3) is 29.3. The minimum atomic E-state index is -4.61. The molecule has 4 N–H and O–H groups in total. The van der Waals surface area contributed by atoms with E-state index in [9.17, 15) is 37.9 Å². The fraction of sp³-hybridized carbons (Fsp3) is 0.689. The number of allylic oxidation sites excluding steroid dienone is 12. The zero-order valence-corrected chi connectivity index (χ0v) is 35.9. The van der Waals surface area contributed by atoms with Crippen LogP contribution in [0, 0.1) is 0 Å². The molecular formula is C45H74O12S. The lowest BCUT2D eigenvalue weighted by atomic mass is 10.00. The van der Waals surface area contributed by atoms with Crippen molar-refractivity contribution >= 4 is 22.1 Å². The van der Waals surface area contributed by atoms with Gasteiger partial charge in [0.1, 0.15) is 36.8 Å². The molecule has 332 valence electrons. The Morgan fingerprint density at radius 2 is 1.10 bits per heavy atom. The second kappa shape index (κ2) is 34.9. The molecule has 0 amide bonds. The van der Waals surface area contributed by atoms with E-state index in [-0.39, 0.29) is 19.4 Å². The molecule has 0 radical (unpaired) electrons. The monoisotopic (exact) mass is 838 g/mol. The maximum Gasteiger partial charge on any atom is 0.306 e. The van der Waals surface area contributed by atoms with E-state index < -0.39 is 71.2 Å². The number of hydrogen-bond donors (Lipinski definition) is 4. The number of esters is 2. The van der Waals surface area contributed by atoms with Gasteiger partial charge in [0.05, 0.1) is 6.61 Å². The number of hydrogen-bond acceptors (Lipinski definition) is 11. The van der Waals surface area contributed by atoms with E-state index in [0.717, 1.165) is 70.6 Å². The Balaban J connectivity index is 2.54. The quantitative estimate of drug-likeness (QED) is 0.0210. The summed E-state index contributed by atoms with van der Waals surface area (Å²) in [5, 5.41) is 30.8. The highest BCUT2D eigenvalue weighted by atomic mass is 32.2. The van der Waals surface area contributed by atoms with E-state index in [4.69, 9.17) is 18.9 Å². The van der Waals surface area contributed by atoms with Gasteiger partial charge in [-0.1, -0.05) is 125 Å². The molecule has 0 bridgehead atoms. The van der Waals surface area contributed by atoms with Crippen LogP contribution >= 0.6 is 0 Å². The zero-order chi connectivity index (χ0) is 42.7. The smallest absolute Gasteiger partial charge is 0.306 e. The molecule has 6 atom stereocenters. The van der Waals surface area contributed by atoms with Crippen molar-refractivity contribution in [2.75, 3.05) is 19.0 Å². The summed E-state index contributed by atoms with van der Waals surface area (Å²) in [5.41, 5.74) is 0. The molecule has 58 heavy (non-hydrogen) atoms. The molecule has 1 aliphatic heterocycles. The van der Waals surface area contributed by atoms with E-state index in [1.54, 1.807) is 0 Å². The Morgan fingerprint density at radius 1 is 0.603 bits per heavy atom. The van der Waals surface area contributed by atoms with Gasteiger partial charge < -0.3 is 34.3 Å². The van der Waals surface area contributed by atoms with Gasteiger partial charge in [-0.15, -0.1) is 0 Å². The van der Waals surface area contributed by atoms with Gasteiger partial charge in [-0.25, -0.2) is 0 Å². The molecule has 1 rings (SSSR count). The summed E-state index contributed by atoms with van der Waals surface area (Å²) >= 11 is 0. The van der Waals surface area contributed by atoms with Crippen LogP contribution in [0.1, 0.15) is 142 Å². The van der Waals surface area contributed by atoms with Gasteiger partial charge in [0.25, 0.3) is 10.1 Å². The fourth-order valence-corrected chi connectivity index (χ4v) is 6.63. The maximum absolute atomic E-state index is 12.8. The van der Waals surface area contributed by atoms with Crippen LogP contribution in [-0.2, 0) is 38.7 Å². The third-order valence-corrected chi connectivity index (χ3v) is 10.0. The summed E-state index contributed by atoms with van der Waals surface area (Å²) in [7, 11) is -4.61. The van der Waals surface area contributed by atoms with Crippen LogP contribution in [0.25, 0.3) is 0 Å². The van der Waals surface area contributed by atoms with Crippen LogP contribution in [-0.4, -0.2) is 96.0 Å². The average Bonchev–Trinajstić information content (AvgIpc) is 3.18. The lowest BCUT2D eigenvalue weighted by molar-refractivity contribution is -0.297. The van der Waals surface area contributed by atoms with E-state index in [0.29, 0.717) is 19.3 Å². The summed E-state index contributed by atoms with van der Waals surface area (Å²) in [6.07, 6.45) is 33.8. The summed E-state index contributed by atoms with van der Waals surface area (Å²) < 4.78 is 53.9. The van der Waals surface area contributed by atoms with Crippen molar-refractivity contribution in [2.24, 2.45) is 0 Å². The second-order valence-electron chi connectivity index (χ2n) is 14.6. The van der Waals surface area contributed by atoms with Crippen LogP contribution < -0.4 is 0 Å². The van der Waals surface area contributed by atoms with Gasteiger partial charge in [0, 0.05) is 12.8 Å². The van der Waals surface area contributed by atoms with Crippen LogP contribution in [0.3, 0.4) is 0 Å². The molecule has 1 aliphatic rings. The molecule has 0 saturated carbocycles. The number of aliphatic hydroxyl groups is 3. The van der Waals surface area contributed by atoms with E-state index in [1.807, 2.05) is 12.2 Å². The Kier molecular flexibility index (Phi) is 32.0. The number of rotatable bonds is 34. The predicted molar refractivity (Wildman–Crippen MR) is 228 cm³/mol. The van der Waals surface area contributed by atoms with Crippen molar-refractivity contribution in [3.05, 3.63) is 72.9 Å². The van der Waals surface area contributed by atoms with Crippen molar-refractivity contribution in [3.63, 3.8) is 0 Å². The molecule has 0 aliphatic carbocycles. The Hall–Kier alpha value is -2.91. The van der Waals surface area contributed by atoms with Gasteiger partial charge in [-0.3, -0.25) is 14.1 Å². The Labute approximate surface area is 348 Å². The van der Waals surface area contributed by atoms with E-state index in [1.165, 1.54) is 25.7 Å². The SMILES string of the molecule is CC/C=C/C/C=C/C/C=C/C/C=C/C/C=C/CCCC(=O)O[C@H](COC(=O)CCCCCCC/C=C/CCCCCC)CO[C@H]1O[C@H](CS(=O)(=O)O)[C@@H](O)C(O)C1O. The van der Waals surface area contributed by atoms with Gasteiger partial charge in [-0.05, 0) is 77.0 Å². The first kappa shape index (κ1) is 53.1. The lowest BCUT2D eigenvalue weighted by Gasteiger charge is -2.40. The molecule has 1 heterocycles. The zero-order valence-electron chi connectivity index (χ0n) is 35.1. The Bertz CT molecular complexity index is 1350. The molecule has 0 aromatic rings. The fourth-order valence-electron chi connectivity index (χ4n) is 5.94. The molecule has 0 spiro atoms. The van der Waals surface area contributed by atoms with E-state index >= 15 is 0 Å². The molecule has 0 aromatic carbocycles. The number of ether oxygens (including phenoxy) is 4. The van der Waals surface area contributed by atoms with Crippen molar-refractivity contribution in [2.45, 2.75) is 179 Å². The highest BCUT2D eigenvalue weighted by molar-refractivity contribution is 7.85. The molecule has 2 unspecified atom stereocenters. The molecule has 12 nitrogen and oxygen atoms in total. The van der Waals surface area contributed by atoms with Gasteiger partial charge >= 0.3 is 11.9 Å². The first-order valence-corrected chi connectivity index (χ1v) is 23.1. The average molecular weight is 839 g/mol. The van der Waals surface area contributed by atoms with Crippen molar-refractivity contribution < 1.29 is 56.8 Å². The number of carbonyl (C=O) groups excluding carboxylic acids is 2. The molecule has 13 heteroatoms. The first-order chi connectivity index (χ1) is 28.0. The van der Waals surface area contributed by atoms with Crippen molar-refractivity contribution in [1.29, 1.82) is 0 Å². The maximum atomic E-state index is 12.8. The Morgan fingerprint density at radius 3 is 1.69 bits per heavy atom. The van der Waals surface area contributed by atoms with E-state index in [2.05, 4.69) is 74.6 Å². The molecule has 1 saturated heterocycles. The van der Waals surface area contributed by atoms with Crippen LogP contribution in [0.15, 0.2) is 72.9 Å². The van der Waals surface area contributed by atoms with Gasteiger partial charge in [0.2, 0.25) is 0 Å². The summed E-state index contributed by atoms with van der Waals surface area (Å²) in [4.78, 5) is 25.3. The third-order valence-electron chi connectivity index (χ3n) is 9.27. The van der Waals surface area contributed by atoms with Crippen LogP contribution in [0.2, 0.25) is 0 Å². The summed E-state index contributed by atoms with van der Waals surface area (Å²) in [6.45, 7) is 3.55. The topological polar surface area (TPSA) is 186 Å². The van der Waals surface area contributed by atoms with Crippen molar-refractivity contribution in [3.8, 4) is 0 Å². The highest BCUT2D eigenvalue weighted by Gasteiger charge is 2.46. The van der Waals surface area contributed by atoms with Crippen molar-refractivity contribution in [1.82, 2.24) is 0 Å². The number of aliphatic hydroxyl groups excluding tert-OH is 3. The van der Waals surface area contributed by atoms with Gasteiger partial charge in [0.15, 0.2) is 12.4 Å². The lowest BCUT2D eigenvalue weighted by Crippen LogP contribution is -2.60. The standard InChI is InChI=1S/C45H74O12S/c1-3-5-7-9-11-13-15-17-18-19-20-22-24-26-28-30-32-34-41(47)56-38(36-55-45-44(50)43(49)42(48)39(57-45)37-58(51,52)53)35-54-40(46)33-31-29-27-25-23-21-16-14-12-10-8-6-4-2/h5,7,11,13-14,16-18,20,22,26,28,38-39,42-45,48-50H,3-4,6,8-10,12,15,19,21,23-25,27,29-37H2,1-2H3,(H,51,52,53)/b7-5+,13-11+,16-14+,18-17+,22-20+,28-26+/t38-,39-,42-,43?,44?,45+/m1/s1. The normalized spacial score (nSPS) is 21.1. The molecular weight excluding hydrogens is 765 g/mol. The minimum absolute atomic E-state index is 0.0808. The minimum Gasteiger partial charge on any atom is -0.462 e. The second-order valence-corrected chi connectivity index (χ2v) is 16.1. The highest BCUT2D eigenvalue weighted by Crippen LogP contribution is 2.24. The number of carbonyl (C=O) groups is 2. The predicted octanol–water partition coefficient (Wildman–Crippen LogP) is 8.33. The molecule has 1 fully saturated rings. The van der Waals surface area contributed by atoms with Crippen LogP contribution in [0.5, 0.6) is 0 Å². The van der Waals surface area contributed by atoms with Crippen LogP contribution in [0.4, 0.5) is 0 Å².